The topological polar surface area (TPSA) is 314 Å². The van der Waals surface area contributed by atoms with Crippen LogP contribution >= 0.6 is 0 Å². The van der Waals surface area contributed by atoms with Crippen molar-refractivity contribution in [3.8, 4) is 0 Å². The van der Waals surface area contributed by atoms with Crippen molar-refractivity contribution < 1.29 is 43.1 Å². The maximum absolute atomic E-state index is 13.6. The normalized spacial score (nSPS) is 13.5. The quantitative estimate of drug-likeness (QED) is 0.0240. The summed E-state index contributed by atoms with van der Waals surface area (Å²) in [5.41, 5.74) is 18.7. The van der Waals surface area contributed by atoms with Crippen LogP contribution < -0.4 is 48.7 Å². The van der Waals surface area contributed by atoms with Crippen LogP contribution in [0.1, 0.15) is 147 Å². The highest BCUT2D eigenvalue weighted by molar-refractivity contribution is 6.08. The molecule has 84 heavy (non-hydrogen) atoms. The van der Waals surface area contributed by atoms with E-state index in [-0.39, 0.29) is 68.6 Å². The first-order valence-electron chi connectivity index (χ1n) is 29.2. The largest absolute Gasteiger partial charge is 0.445 e. The van der Waals surface area contributed by atoms with Crippen LogP contribution in [0.2, 0.25) is 0 Å². The molecule has 11 N–H and O–H groups in total. The lowest BCUT2D eigenvalue weighted by atomic mass is 10.0. The Kier molecular flexibility index (Phi) is 25.2. The molecule has 3 heterocycles. The molecular formula is C62H83N13O9. The van der Waals surface area contributed by atoms with Gasteiger partial charge in [0.2, 0.25) is 23.6 Å². The number of aliphatic imine (C=N–C) groups is 1. The molecule has 9 amide bonds. The van der Waals surface area contributed by atoms with Gasteiger partial charge in [0.25, 0.3) is 11.8 Å². The molecule has 6 rings (SSSR count). The number of nitrogens with zero attached hydrogens (tertiary/aromatic N) is 4. The van der Waals surface area contributed by atoms with E-state index in [1.807, 2.05) is 56.9 Å². The summed E-state index contributed by atoms with van der Waals surface area (Å²) in [6.07, 6.45) is 9.96. The van der Waals surface area contributed by atoms with Gasteiger partial charge in [0.05, 0.1) is 17.6 Å². The van der Waals surface area contributed by atoms with Crippen molar-refractivity contribution in [1.29, 1.82) is 0 Å². The number of carbonyl (C=O) groups excluding carboxylic acids is 8. The zero-order valence-electron chi connectivity index (χ0n) is 49.1. The molecule has 2 aliphatic rings. The fourth-order valence-electron chi connectivity index (χ4n) is 9.74. The van der Waals surface area contributed by atoms with E-state index in [1.54, 1.807) is 60.8 Å². The van der Waals surface area contributed by atoms with E-state index in [0.29, 0.717) is 89.7 Å². The summed E-state index contributed by atoms with van der Waals surface area (Å²) in [7, 11) is 0. The van der Waals surface area contributed by atoms with Crippen LogP contribution in [-0.2, 0) is 50.0 Å². The highest BCUT2D eigenvalue weighted by atomic mass is 16.5. The van der Waals surface area contributed by atoms with Gasteiger partial charge in [0.1, 0.15) is 24.5 Å². The van der Waals surface area contributed by atoms with E-state index < -0.39 is 36.0 Å². The van der Waals surface area contributed by atoms with Crippen molar-refractivity contribution in [2.75, 3.05) is 49.9 Å². The van der Waals surface area contributed by atoms with Gasteiger partial charge in [-0.3, -0.25) is 38.7 Å². The average Bonchev–Trinajstić information content (AvgIpc) is 3.45. The summed E-state index contributed by atoms with van der Waals surface area (Å²) < 4.78 is 5.36. The Morgan fingerprint density at radius 3 is 2.14 bits per heavy atom. The molecule has 0 unspecified atom stereocenters. The number of rotatable bonds is 30. The highest BCUT2D eigenvalue weighted by Crippen LogP contribution is 2.30. The van der Waals surface area contributed by atoms with Crippen molar-refractivity contribution >= 4 is 76.5 Å². The molecule has 0 radical (unpaired) electrons. The number of amides is 9. The van der Waals surface area contributed by atoms with E-state index in [4.69, 9.17) is 16.2 Å². The Morgan fingerprint density at radius 2 is 1.44 bits per heavy atom. The fourth-order valence-corrected chi connectivity index (χ4v) is 9.74. The monoisotopic (exact) mass is 1150 g/mol. The lowest BCUT2D eigenvalue weighted by Gasteiger charge is -2.28. The molecule has 3 aromatic carbocycles. The molecule has 4 aromatic rings. The zero-order chi connectivity index (χ0) is 60.5. The number of fused-ring (bicyclic) bond motifs is 2. The molecule has 2 atom stereocenters. The van der Waals surface area contributed by atoms with Gasteiger partial charge in [-0.25, -0.2) is 14.6 Å². The van der Waals surface area contributed by atoms with E-state index >= 15 is 0 Å². The third-order valence-electron chi connectivity index (χ3n) is 14.2. The SMILES string of the molecule is CCCCCCC(=O)N[C@H](C(=O)N[C@@H](CCCNC(N)=O)C(=O)Nc1ccc(COC(=O)NCCNC(=O)c2ccc(CN3CCc4ncc(NC(=O)c5ccc6c(c5)N=C(N)CC(C(=O)N(CCC)CCC)=C6)cc4C3)cc2)cc1)C(C)C. The Labute approximate surface area is 492 Å². The van der Waals surface area contributed by atoms with Crippen LogP contribution in [0.5, 0.6) is 0 Å². The van der Waals surface area contributed by atoms with Crippen molar-refractivity contribution in [1.82, 2.24) is 41.4 Å². The van der Waals surface area contributed by atoms with Crippen molar-refractivity contribution in [2.24, 2.45) is 22.4 Å². The predicted octanol–water partition coefficient (Wildman–Crippen LogP) is 6.96. The van der Waals surface area contributed by atoms with Crippen LogP contribution in [0.15, 0.2) is 89.6 Å². The van der Waals surface area contributed by atoms with Gasteiger partial charge in [0.15, 0.2) is 0 Å². The summed E-state index contributed by atoms with van der Waals surface area (Å²) in [6.45, 7) is 13.5. The van der Waals surface area contributed by atoms with E-state index in [2.05, 4.69) is 59.0 Å². The number of carbonyl (C=O) groups is 8. The van der Waals surface area contributed by atoms with Crippen LogP contribution in [0.4, 0.5) is 26.7 Å². The highest BCUT2D eigenvalue weighted by Gasteiger charge is 2.29. The lowest BCUT2D eigenvalue weighted by molar-refractivity contribution is -0.132. The second-order valence-corrected chi connectivity index (χ2v) is 21.5. The summed E-state index contributed by atoms with van der Waals surface area (Å²) >= 11 is 0. The average molecular weight is 1150 g/mol. The van der Waals surface area contributed by atoms with Crippen molar-refractivity contribution in [3.63, 3.8) is 0 Å². The molecule has 0 saturated carbocycles. The third kappa shape index (κ3) is 20.3. The van der Waals surface area contributed by atoms with E-state index in [1.165, 1.54) is 0 Å². The maximum atomic E-state index is 13.6. The Hall–Kier alpha value is -8.66. The Morgan fingerprint density at radius 1 is 0.726 bits per heavy atom. The van der Waals surface area contributed by atoms with Crippen LogP contribution in [0, 0.1) is 5.92 Å². The third-order valence-corrected chi connectivity index (χ3v) is 14.2. The number of urea groups is 1. The zero-order valence-corrected chi connectivity index (χ0v) is 49.1. The van der Waals surface area contributed by atoms with Crippen LogP contribution in [0.25, 0.3) is 6.08 Å². The van der Waals surface area contributed by atoms with Gasteiger partial charge in [-0.15, -0.1) is 0 Å². The van der Waals surface area contributed by atoms with E-state index in [9.17, 15) is 38.4 Å². The minimum absolute atomic E-state index is 0.0544. The molecule has 1 aromatic heterocycles. The minimum Gasteiger partial charge on any atom is -0.445 e. The van der Waals surface area contributed by atoms with Gasteiger partial charge < -0.3 is 58.3 Å². The first kappa shape index (κ1) is 64.5. The summed E-state index contributed by atoms with van der Waals surface area (Å²) in [4.78, 5) is 117. The molecule has 22 nitrogen and oxygen atoms in total. The molecule has 0 spiro atoms. The summed E-state index contributed by atoms with van der Waals surface area (Å²) in [5.74, 6) is -1.87. The van der Waals surface area contributed by atoms with Crippen molar-refractivity contribution in [3.05, 3.63) is 124 Å². The smallest absolute Gasteiger partial charge is 0.407 e. The number of anilines is 2. The maximum Gasteiger partial charge on any atom is 0.407 e. The molecule has 0 fully saturated rings. The fraction of sp³-hybridized carbons (Fsp3) is 0.452. The minimum atomic E-state index is -0.998. The van der Waals surface area contributed by atoms with Gasteiger partial charge in [-0.1, -0.05) is 84.2 Å². The number of amidine groups is 1. The number of ether oxygens (including phenoxy) is 1. The summed E-state index contributed by atoms with van der Waals surface area (Å²) in [6, 6.07) is 18.5. The Balaban J connectivity index is 0.911. The molecule has 22 heteroatoms. The van der Waals surface area contributed by atoms with Crippen LogP contribution in [0.3, 0.4) is 0 Å². The predicted molar refractivity (Wildman–Crippen MR) is 324 cm³/mol. The molecule has 0 aliphatic carbocycles. The first-order valence-corrected chi connectivity index (χ1v) is 29.2. The summed E-state index contributed by atoms with van der Waals surface area (Å²) in [5, 5.41) is 19.3. The second-order valence-electron chi connectivity index (χ2n) is 21.5. The number of pyridine rings is 1. The molecule has 2 aliphatic heterocycles. The van der Waals surface area contributed by atoms with Crippen molar-refractivity contribution in [2.45, 2.75) is 137 Å². The molecular weight excluding hydrogens is 1070 g/mol. The standard InChI is InChI=1S/C62H83N13O9/c1-6-9-10-11-14-54(76)73-55(40(4)5)59(80)72-51(13-12-26-66-61(64)82)58(79)69-48-23-17-42(18-24-48)39-84-62(83)67-28-27-65-56(77)43-19-15-41(16-20-43)37-74-31-25-50-47(38-74)33-49(36-68-50)70-57(78)45-22-21-44-32-46(35-53(63)71-52(44)34-45)60(81)75(29-7-2)30-8-3/h15-24,32-34,36,40,51,55H,6-14,25-31,35,37-39H2,1-5H3,(H2,63,71)(H,65,77)(H,67,83)(H,69,79)(H,70,78)(H,72,80)(H,73,76)(H3,64,66,82)/t51-,55-/m0/s1. The molecule has 0 bridgehead atoms. The number of hydrogen-bond acceptors (Lipinski definition) is 13. The van der Waals surface area contributed by atoms with Gasteiger partial charge >= 0.3 is 12.1 Å². The Bertz CT molecular complexity index is 2990. The van der Waals surface area contributed by atoms with Gasteiger partial charge in [-0.2, -0.15) is 0 Å². The van der Waals surface area contributed by atoms with Gasteiger partial charge in [-0.05, 0) is 103 Å². The van der Waals surface area contributed by atoms with Crippen LogP contribution in [-0.4, -0.2) is 120 Å². The number of aromatic nitrogens is 1. The molecule has 0 saturated heterocycles. The second kappa shape index (κ2) is 32.8. The number of nitrogens with two attached hydrogens (primary N) is 2. The van der Waals surface area contributed by atoms with Gasteiger partial charge in [0, 0.05) is 105 Å². The first-order chi connectivity index (χ1) is 40.4. The number of benzene rings is 3. The number of alkyl carbamates (subject to hydrolysis) is 1. The number of primary amides is 1. The number of nitrogens with one attached hydrogen (secondary N) is 7. The van der Waals surface area contributed by atoms with E-state index in [0.717, 1.165) is 68.3 Å². The number of hydrogen-bond donors (Lipinski definition) is 9. The lowest BCUT2D eigenvalue weighted by Crippen LogP contribution is -2.54. The molecule has 450 valence electrons. The number of unbranched alkanes of at least 4 members (excludes halogenated alkanes) is 3.